The quantitative estimate of drug-likeness (QED) is 0.531. The van der Waals surface area contributed by atoms with Crippen LogP contribution in [0.1, 0.15) is 31.2 Å². The highest BCUT2D eigenvalue weighted by molar-refractivity contribution is 5.86. The van der Waals surface area contributed by atoms with E-state index in [0.29, 0.717) is 37.2 Å². The number of piperidine rings is 2. The molecule has 2 aromatic carbocycles. The molecule has 1 aromatic heterocycles. The van der Waals surface area contributed by atoms with E-state index in [2.05, 4.69) is 20.4 Å². The molecular weight excluding hydrogens is 466 g/mol. The summed E-state index contributed by atoms with van der Waals surface area (Å²) in [6, 6.07) is 17.2. The van der Waals surface area contributed by atoms with Crippen LogP contribution in [-0.2, 0) is 4.79 Å². The van der Waals surface area contributed by atoms with Gasteiger partial charge in [-0.2, -0.15) is 10.2 Å². The number of rotatable bonds is 6. The first-order chi connectivity index (χ1) is 18.0. The molecule has 0 spiro atoms. The molecule has 1 amide bonds. The van der Waals surface area contributed by atoms with Crippen molar-refractivity contribution >= 4 is 11.6 Å². The predicted molar refractivity (Wildman–Crippen MR) is 144 cm³/mol. The number of aromatic nitrogens is 2. The van der Waals surface area contributed by atoms with Gasteiger partial charge in [0.15, 0.2) is 5.60 Å². The molecule has 2 saturated heterocycles. The lowest BCUT2D eigenvalue weighted by molar-refractivity contribution is -0.151. The second kappa shape index (κ2) is 10.8. The van der Waals surface area contributed by atoms with Crippen LogP contribution in [0, 0.1) is 6.92 Å². The van der Waals surface area contributed by atoms with E-state index in [4.69, 9.17) is 4.74 Å². The van der Waals surface area contributed by atoms with Crippen LogP contribution < -0.4 is 15.0 Å². The molecule has 8 heteroatoms. The van der Waals surface area contributed by atoms with Crippen molar-refractivity contribution in [1.82, 2.24) is 20.4 Å². The number of phenolic OH excluding ortho intramolecular Hbond substituents is 1. The standard InChI is InChI=1S/C29H35N5O3/c1-21-7-3-6-10-27(21)37-29(28(36)33(2)22-11-15-30-16-12-22)13-17-34(18-14-29)23-19-25(32-31-20-23)24-8-4-5-9-26(24)35/h3-10,19-20,22,30,35H,11-18H2,1-2H3. The van der Waals surface area contributed by atoms with Gasteiger partial charge in [-0.3, -0.25) is 4.79 Å². The first-order valence-corrected chi connectivity index (χ1v) is 13.1. The van der Waals surface area contributed by atoms with Gasteiger partial charge in [0.05, 0.1) is 17.6 Å². The zero-order valence-corrected chi connectivity index (χ0v) is 21.6. The summed E-state index contributed by atoms with van der Waals surface area (Å²) in [5.74, 6) is 0.991. The maximum absolute atomic E-state index is 14.1. The Bertz CT molecular complexity index is 1240. The van der Waals surface area contributed by atoms with E-state index in [9.17, 15) is 9.90 Å². The number of aryl methyl sites for hydroxylation is 1. The summed E-state index contributed by atoms with van der Waals surface area (Å²) in [5.41, 5.74) is 2.27. The van der Waals surface area contributed by atoms with Crippen LogP contribution >= 0.6 is 0 Å². The van der Waals surface area contributed by atoms with Crippen LogP contribution in [-0.4, -0.2) is 71.0 Å². The van der Waals surface area contributed by atoms with Gasteiger partial charge in [0.1, 0.15) is 11.5 Å². The summed E-state index contributed by atoms with van der Waals surface area (Å²) < 4.78 is 6.65. The van der Waals surface area contributed by atoms with Gasteiger partial charge in [0, 0.05) is 44.6 Å². The minimum absolute atomic E-state index is 0.0602. The minimum atomic E-state index is -0.927. The fourth-order valence-corrected chi connectivity index (χ4v) is 5.40. The van der Waals surface area contributed by atoms with Gasteiger partial charge in [-0.1, -0.05) is 30.3 Å². The monoisotopic (exact) mass is 501 g/mol. The molecule has 0 radical (unpaired) electrons. The molecule has 0 aliphatic carbocycles. The van der Waals surface area contributed by atoms with Gasteiger partial charge in [-0.25, -0.2) is 0 Å². The number of likely N-dealkylation sites (N-methyl/N-ethyl adjacent to an activating group) is 1. The first kappa shape index (κ1) is 25.0. The van der Waals surface area contributed by atoms with Crippen molar-refractivity contribution in [2.75, 3.05) is 38.1 Å². The van der Waals surface area contributed by atoms with Gasteiger partial charge in [0.25, 0.3) is 5.91 Å². The highest BCUT2D eigenvalue weighted by Gasteiger charge is 2.47. The van der Waals surface area contributed by atoms with E-state index in [1.54, 1.807) is 18.3 Å². The smallest absolute Gasteiger partial charge is 0.266 e. The molecule has 8 nitrogen and oxygen atoms in total. The van der Waals surface area contributed by atoms with E-state index in [1.165, 1.54) is 0 Å². The Morgan fingerprint density at radius 3 is 2.54 bits per heavy atom. The molecule has 3 heterocycles. The molecular formula is C29H35N5O3. The highest BCUT2D eigenvalue weighted by atomic mass is 16.5. The third-order valence-electron chi connectivity index (χ3n) is 7.72. The lowest BCUT2D eigenvalue weighted by atomic mass is 9.88. The lowest BCUT2D eigenvalue weighted by Crippen LogP contribution is -2.60. The van der Waals surface area contributed by atoms with Crippen LogP contribution in [0.25, 0.3) is 11.3 Å². The zero-order valence-electron chi connectivity index (χ0n) is 21.6. The van der Waals surface area contributed by atoms with Crippen molar-refractivity contribution in [1.29, 1.82) is 0 Å². The van der Waals surface area contributed by atoms with Gasteiger partial charge < -0.3 is 25.0 Å². The van der Waals surface area contributed by atoms with Gasteiger partial charge >= 0.3 is 0 Å². The topological polar surface area (TPSA) is 90.8 Å². The van der Waals surface area contributed by atoms with Crippen LogP contribution in [0.4, 0.5) is 5.69 Å². The summed E-state index contributed by atoms with van der Waals surface area (Å²) in [6.45, 7) is 5.15. The second-order valence-corrected chi connectivity index (χ2v) is 10.1. The first-order valence-electron chi connectivity index (χ1n) is 13.1. The average Bonchev–Trinajstić information content (AvgIpc) is 2.95. The van der Waals surface area contributed by atoms with Crippen molar-refractivity contribution in [2.45, 2.75) is 44.2 Å². The highest BCUT2D eigenvalue weighted by Crippen LogP contribution is 2.36. The number of carbonyl (C=O) groups excluding carboxylic acids is 1. The molecule has 0 unspecified atom stereocenters. The molecule has 0 atom stereocenters. The Kier molecular flexibility index (Phi) is 7.28. The number of nitrogens with one attached hydrogen (secondary N) is 1. The predicted octanol–water partition coefficient (Wildman–Crippen LogP) is 3.79. The van der Waals surface area contributed by atoms with Crippen LogP contribution in [0.2, 0.25) is 0 Å². The SMILES string of the molecule is Cc1ccccc1OC1(C(=O)N(C)C2CCNCC2)CCN(c2cnnc(-c3ccccc3O)c2)CC1. The van der Waals surface area contributed by atoms with Crippen molar-refractivity contribution in [3.63, 3.8) is 0 Å². The number of nitrogens with zero attached hydrogens (tertiary/aromatic N) is 4. The molecule has 0 saturated carbocycles. The Morgan fingerprint density at radius 1 is 1.11 bits per heavy atom. The number of anilines is 1. The normalized spacial score (nSPS) is 17.8. The lowest BCUT2D eigenvalue weighted by Gasteiger charge is -2.45. The number of ether oxygens (including phenoxy) is 1. The molecule has 3 aromatic rings. The minimum Gasteiger partial charge on any atom is -0.507 e. The molecule has 2 N–H and O–H groups in total. The van der Waals surface area contributed by atoms with Crippen LogP contribution in [0.5, 0.6) is 11.5 Å². The van der Waals surface area contributed by atoms with Crippen molar-refractivity contribution in [3.8, 4) is 22.8 Å². The molecule has 194 valence electrons. The number of hydrogen-bond acceptors (Lipinski definition) is 7. The summed E-state index contributed by atoms with van der Waals surface area (Å²) >= 11 is 0. The summed E-state index contributed by atoms with van der Waals surface area (Å²) in [6.07, 6.45) is 4.76. The number of amides is 1. The maximum atomic E-state index is 14.1. The Balaban J connectivity index is 1.39. The summed E-state index contributed by atoms with van der Waals surface area (Å²) in [5, 5.41) is 22.1. The fraction of sp³-hybridized carbons (Fsp3) is 0.414. The molecule has 37 heavy (non-hydrogen) atoms. The maximum Gasteiger partial charge on any atom is 0.266 e. The number of benzene rings is 2. The molecule has 0 bridgehead atoms. The molecule has 5 rings (SSSR count). The number of para-hydroxylation sites is 2. The molecule has 2 fully saturated rings. The van der Waals surface area contributed by atoms with E-state index in [1.807, 2.05) is 61.3 Å². The Morgan fingerprint density at radius 2 is 1.81 bits per heavy atom. The van der Waals surface area contributed by atoms with Crippen molar-refractivity contribution < 1.29 is 14.6 Å². The number of aromatic hydroxyl groups is 1. The third kappa shape index (κ3) is 5.25. The zero-order chi connectivity index (χ0) is 25.8. The molecule has 2 aliphatic heterocycles. The van der Waals surface area contributed by atoms with Crippen LogP contribution in [0.3, 0.4) is 0 Å². The Labute approximate surface area is 218 Å². The fourth-order valence-electron chi connectivity index (χ4n) is 5.40. The van der Waals surface area contributed by atoms with E-state index < -0.39 is 5.60 Å². The second-order valence-electron chi connectivity index (χ2n) is 10.1. The number of carbonyl (C=O) groups is 1. The van der Waals surface area contributed by atoms with Gasteiger partial charge in [-0.15, -0.1) is 0 Å². The Hall–Kier alpha value is -3.65. The van der Waals surface area contributed by atoms with Crippen molar-refractivity contribution in [2.24, 2.45) is 0 Å². The van der Waals surface area contributed by atoms with E-state index in [-0.39, 0.29) is 17.7 Å². The van der Waals surface area contributed by atoms with Gasteiger partial charge in [0.2, 0.25) is 0 Å². The third-order valence-corrected chi connectivity index (χ3v) is 7.72. The largest absolute Gasteiger partial charge is 0.507 e. The van der Waals surface area contributed by atoms with Gasteiger partial charge in [-0.05, 0) is 62.7 Å². The summed E-state index contributed by atoms with van der Waals surface area (Å²) in [4.78, 5) is 18.2. The average molecular weight is 502 g/mol. The van der Waals surface area contributed by atoms with E-state index in [0.717, 1.165) is 42.9 Å². The number of phenols is 1. The number of hydrogen-bond donors (Lipinski definition) is 2. The molecule has 2 aliphatic rings. The summed E-state index contributed by atoms with van der Waals surface area (Å²) in [7, 11) is 1.93. The van der Waals surface area contributed by atoms with Crippen LogP contribution in [0.15, 0.2) is 60.8 Å². The van der Waals surface area contributed by atoms with Crippen molar-refractivity contribution in [3.05, 3.63) is 66.4 Å². The van der Waals surface area contributed by atoms with E-state index >= 15 is 0 Å².